The number of rotatable bonds is 9. The van der Waals surface area contributed by atoms with E-state index >= 15 is 0 Å². The van der Waals surface area contributed by atoms with Crippen LogP contribution in [0.1, 0.15) is 24.8 Å². The maximum atomic E-state index is 11.9. The molecular weight excluding hydrogens is 302 g/mol. The second-order valence-electron chi connectivity index (χ2n) is 6.47. The zero-order valence-electron chi connectivity index (χ0n) is 15.1. The Labute approximate surface area is 146 Å². The summed E-state index contributed by atoms with van der Waals surface area (Å²) in [6.45, 7) is 8.61. The second-order valence-corrected chi connectivity index (χ2v) is 6.47. The van der Waals surface area contributed by atoms with Crippen LogP contribution in [-0.2, 0) is 9.53 Å². The molecule has 134 valence electrons. The van der Waals surface area contributed by atoms with Crippen molar-refractivity contribution in [2.75, 3.05) is 57.9 Å². The molecule has 2 rings (SSSR count). The molecule has 1 aliphatic heterocycles. The number of ether oxygens (including phenoxy) is 1. The summed E-state index contributed by atoms with van der Waals surface area (Å²) in [5.41, 5.74) is 2.61. The van der Waals surface area contributed by atoms with Crippen molar-refractivity contribution >= 4 is 11.6 Å². The first kappa shape index (κ1) is 18.7. The maximum Gasteiger partial charge on any atom is 0.221 e. The van der Waals surface area contributed by atoms with E-state index in [1.54, 1.807) is 7.11 Å². The molecule has 1 aliphatic rings. The normalized spacial score (nSPS) is 15.5. The molecule has 0 spiro atoms. The molecule has 0 bridgehead atoms. The van der Waals surface area contributed by atoms with Gasteiger partial charge in [-0.1, -0.05) is 12.1 Å². The Hall–Kier alpha value is -1.59. The van der Waals surface area contributed by atoms with E-state index in [1.165, 1.54) is 11.3 Å². The van der Waals surface area contributed by atoms with E-state index in [4.69, 9.17) is 4.74 Å². The fourth-order valence-corrected chi connectivity index (χ4v) is 3.00. The van der Waals surface area contributed by atoms with Crippen LogP contribution in [0.2, 0.25) is 0 Å². The number of nitrogens with zero attached hydrogens (tertiary/aromatic N) is 2. The number of hydrogen-bond donors (Lipinski definition) is 1. The highest BCUT2D eigenvalue weighted by atomic mass is 16.5. The fraction of sp³-hybridized carbons (Fsp3) is 0.632. The summed E-state index contributed by atoms with van der Waals surface area (Å²) in [6.07, 6.45) is 2.57. The number of anilines is 1. The van der Waals surface area contributed by atoms with E-state index in [9.17, 15) is 4.79 Å². The van der Waals surface area contributed by atoms with Gasteiger partial charge in [-0.2, -0.15) is 0 Å². The molecule has 0 atom stereocenters. The van der Waals surface area contributed by atoms with Crippen molar-refractivity contribution < 1.29 is 9.53 Å². The Bertz CT molecular complexity index is 499. The lowest BCUT2D eigenvalue weighted by atomic mass is 10.2. The van der Waals surface area contributed by atoms with Gasteiger partial charge in [-0.15, -0.1) is 0 Å². The van der Waals surface area contributed by atoms with Crippen LogP contribution in [-0.4, -0.2) is 63.8 Å². The van der Waals surface area contributed by atoms with Gasteiger partial charge in [-0.3, -0.25) is 9.69 Å². The summed E-state index contributed by atoms with van der Waals surface area (Å²) in [7, 11) is 1.71. The summed E-state index contributed by atoms with van der Waals surface area (Å²) in [5.74, 6) is 0.161. The minimum atomic E-state index is 0.161. The third-order valence-electron chi connectivity index (χ3n) is 4.49. The van der Waals surface area contributed by atoms with Crippen LogP contribution in [0.25, 0.3) is 0 Å². The summed E-state index contributed by atoms with van der Waals surface area (Å²) >= 11 is 0. The van der Waals surface area contributed by atoms with Gasteiger partial charge in [0.15, 0.2) is 0 Å². The molecule has 0 saturated carbocycles. The van der Waals surface area contributed by atoms with Gasteiger partial charge in [0, 0.05) is 65.1 Å². The number of carbonyl (C=O) groups excluding carboxylic acids is 1. The number of amides is 1. The summed E-state index contributed by atoms with van der Waals surface area (Å²) in [6, 6.07) is 8.67. The van der Waals surface area contributed by atoms with Crippen LogP contribution in [0.4, 0.5) is 5.69 Å². The SMILES string of the molecule is COCCCCNC(=O)CCN1CCN(c2cccc(C)c2)CC1. The van der Waals surface area contributed by atoms with Crippen molar-refractivity contribution in [1.29, 1.82) is 0 Å². The van der Waals surface area contributed by atoms with Gasteiger partial charge in [0.25, 0.3) is 0 Å². The quantitative estimate of drug-likeness (QED) is 0.703. The van der Waals surface area contributed by atoms with Gasteiger partial charge < -0.3 is 15.0 Å². The molecule has 5 nitrogen and oxygen atoms in total. The van der Waals surface area contributed by atoms with E-state index in [1.807, 2.05) is 0 Å². The Balaban J connectivity index is 1.60. The first-order chi connectivity index (χ1) is 11.7. The number of carbonyl (C=O) groups is 1. The number of aryl methyl sites for hydroxylation is 1. The molecule has 1 aromatic rings. The zero-order chi connectivity index (χ0) is 17.2. The van der Waals surface area contributed by atoms with E-state index < -0.39 is 0 Å². The van der Waals surface area contributed by atoms with Crippen molar-refractivity contribution in [3.8, 4) is 0 Å². The number of piperazine rings is 1. The molecule has 1 aromatic carbocycles. The molecular formula is C19H31N3O2. The van der Waals surface area contributed by atoms with Gasteiger partial charge in [-0.05, 0) is 37.5 Å². The van der Waals surface area contributed by atoms with Crippen molar-refractivity contribution in [2.24, 2.45) is 0 Å². The average Bonchev–Trinajstić information content (AvgIpc) is 2.60. The molecule has 24 heavy (non-hydrogen) atoms. The summed E-state index contributed by atoms with van der Waals surface area (Å²) < 4.78 is 5.00. The topological polar surface area (TPSA) is 44.8 Å². The summed E-state index contributed by atoms with van der Waals surface area (Å²) in [4.78, 5) is 16.7. The lowest BCUT2D eigenvalue weighted by Crippen LogP contribution is -2.47. The zero-order valence-corrected chi connectivity index (χ0v) is 15.1. The first-order valence-corrected chi connectivity index (χ1v) is 8.98. The molecule has 1 fully saturated rings. The third kappa shape index (κ3) is 6.49. The molecule has 0 aromatic heterocycles. The first-order valence-electron chi connectivity index (χ1n) is 8.98. The molecule has 1 amide bonds. The van der Waals surface area contributed by atoms with Crippen molar-refractivity contribution in [2.45, 2.75) is 26.2 Å². The van der Waals surface area contributed by atoms with Crippen LogP contribution in [0.15, 0.2) is 24.3 Å². The van der Waals surface area contributed by atoms with Crippen LogP contribution >= 0.6 is 0 Å². The Morgan fingerprint density at radius 1 is 1.21 bits per heavy atom. The average molecular weight is 333 g/mol. The van der Waals surface area contributed by atoms with E-state index in [0.717, 1.165) is 58.7 Å². The number of hydrogen-bond acceptors (Lipinski definition) is 4. The number of methoxy groups -OCH3 is 1. The minimum Gasteiger partial charge on any atom is -0.385 e. The van der Waals surface area contributed by atoms with Gasteiger partial charge in [-0.25, -0.2) is 0 Å². The van der Waals surface area contributed by atoms with Gasteiger partial charge in [0.1, 0.15) is 0 Å². The van der Waals surface area contributed by atoms with Gasteiger partial charge in [0.2, 0.25) is 5.91 Å². The van der Waals surface area contributed by atoms with E-state index in [0.29, 0.717) is 6.42 Å². The number of benzene rings is 1. The number of nitrogens with one attached hydrogen (secondary N) is 1. The minimum absolute atomic E-state index is 0.161. The highest BCUT2D eigenvalue weighted by molar-refractivity contribution is 5.76. The van der Waals surface area contributed by atoms with Gasteiger partial charge in [0.05, 0.1) is 0 Å². The highest BCUT2D eigenvalue weighted by Crippen LogP contribution is 2.17. The van der Waals surface area contributed by atoms with Crippen LogP contribution in [0.3, 0.4) is 0 Å². The molecule has 0 unspecified atom stereocenters. The van der Waals surface area contributed by atoms with Crippen molar-refractivity contribution in [3.63, 3.8) is 0 Å². The van der Waals surface area contributed by atoms with Crippen molar-refractivity contribution in [1.82, 2.24) is 10.2 Å². The number of unbranched alkanes of at least 4 members (excludes halogenated alkanes) is 1. The molecule has 1 heterocycles. The smallest absolute Gasteiger partial charge is 0.221 e. The molecule has 5 heteroatoms. The molecule has 0 radical (unpaired) electrons. The van der Waals surface area contributed by atoms with Gasteiger partial charge >= 0.3 is 0 Å². The van der Waals surface area contributed by atoms with E-state index in [2.05, 4.69) is 46.3 Å². The largest absolute Gasteiger partial charge is 0.385 e. The van der Waals surface area contributed by atoms with E-state index in [-0.39, 0.29) is 5.91 Å². The Morgan fingerprint density at radius 3 is 2.71 bits per heavy atom. The van der Waals surface area contributed by atoms with Crippen LogP contribution in [0, 0.1) is 6.92 Å². The van der Waals surface area contributed by atoms with Crippen LogP contribution in [0.5, 0.6) is 0 Å². The molecule has 1 N–H and O–H groups in total. The molecule has 0 aliphatic carbocycles. The van der Waals surface area contributed by atoms with Crippen LogP contribution < -0.4 is 10.2 Å². The highest BCUT2D eigenvalue weighted by Gasteiger charge is 2.17. The second kappa shape index (κ2) is 10.3. The third-order valence-corrected chi connectivity index (χ3v) is 4.49. The molecule has 1 saturated heterocycles. The monoisotopic (exact) mass is 333 g/mol. The lowest BCUT2D eigenvalue weighted by molar-refractivity contribution is -0.121. The van der Waals surface area contributed by atoms with Crippen molar-refractivity contribution in [3.05, 3.63) is 29.8 Å². The summed E-state index contributed by atoms with van der Waals surface area (Å²) in [5, 5.41) is 2.99. The Kier molecular flexibility index (Phi) is 8.05. The predicted molar refractivity (Wildman–Crippen MR) is 98.6 cm³/mol. The Morgan fingerprint density at radius 2 is 2.00 bits per heavy atom. The lowest BCUT2D eigenvalue weighted by Gasteiger charge is -2.36. The standard InChI is InChI=1S/C19H31N3O2/c1-17-6-5-7-18(16-17)22-13-11-21(12-14-22)10-8-19(23)20-9-3-4-15-24-2/h5-7,16H,3-4,8-15H2,1-2H3,(H,20,23). The predicted octanol–water partition coefficient (Wildman–Crippen LogP) is 2.05. The fourth-order valence-electron chi connectivity index (χ4n) is 3.00. The maximum absolute atomic E-state index is 11.9.